The fraction of sp³-hybridized carbons (Fsp3) is 0.0909. The molecule has 1 aromatic rings. The molecule has 0 fully saturated rings. The standard InChI is InChI=1S/C11H8ClF3N2O3/c12-7-2-1-5(3-6(7)10(19)20)17-9(18)4-8(16)11(13,14)15/h1-4H,16H2,(H,17,18)(H,19,20). The van der Waals surface area contributed by atoms with Crippen LogP contribution in [0.3, 0.4) is 0 Å². The van der Waals surface area contributed by atoms with E-state index in [1.54, 1.807) is 0 Å². The molecule has 20 heavy (non-hydrogen) atoms. The average Bonchev–Trinajstić information content (AvgIpc) is 2.29. The van der Waals surface area contributed by atoms with Crippen molar-refractivity contribution >= 4 is 29.2 Å². The molecule has 0 aliphatic rings. The average molecular weight is 309 g/mol. The van der Waals surface area contributed by atoms with Crippen molar-refractivity contribution in [1.82, 2.24) is 0 Å². The van der Waals surface area contributed by atoms with Gasteiger partial charge in [-0.05, 0) is 18.2 Å². The number of rotatable bonds is 3. The molecule has 0 spiro atoms. The minimum Gasteiger partial charge on any atom is -0.478 e. The number of amides is 1. The summed E-state index contributed by atoms with van der Waals surface area (Å²) in [5.74, 6) is -2.48. The predicted octanol–water partition coefficient (Wildman–Crippen LogP) is 2.38. The van der Waals surface area contributed by atoms with Gasteiger partial charge in [-0.2, -0.15) is 13.2 Å². The number of alkyl halides is 3. The van der Waals surface area contributed by atoms with Gasteiger partial charge in [-0.15, -0.1) is 0 Å². The molecule has 0 aromatic heterocycles. The number of carboxylic acids is 1. The number of carbonyl (C=O) groups is 2. The second-order valence-corrected chi connectivity index (χ2v) is 3.99. The van der Waals surface area contributed by atoms with Crippen LogP contribution < -0.4 is 11.1 Å². The number of nitrogens with two attached hydrogens (primary N) is 1. The lowest BCUT2D eigenvalue weighted by Gasteiger charge is -2.07. The van der Waals surface area contributed by atoms with Gasteiger partial charge in [-0.3, -0.25) is 4.79 Å². The predicted molar refractivity (Wildman–Crippen MR) is 65.4 cm³/mol. The van der Waals surface area contributed by atoms with Crippen LogP contribution in [0.15, 0.2) is 30.0 Å². The lowest BCUT2D eigenvalue weighted by Crippen LogP contribution is -2.22. The summed E-state index contributed by atoms with van der Waals surface area (Å²) < 4.78 is 36.3. The summed E-state index contributed by atoms with van der Waals surface area (Å²) in [4.78, 5) is 22.1. The van der Waals surface area contributed by atoms with E-state index in [0.29, 0.717) is 0 Å². The van der Waals surface area contributed by atoms with Gasteiger partial charge in [0.05, 0.1) is 10.6 Å². The number of hydrogen-bond donors (Lipinski definition) is 3. The second kappa shape index (κ2) is 5.83. The van der Waals surface area contributed by atoms with Crippen molar-refractivity contribution in [2.75, 3.05) is 5.32 Å². The molecule has 9 heteroatoms. The Balaban J connectivity index is 2.92. The summed E-state index contributed by atoms with van der Waals surface area (Å²) in [7, 11) is 0. The van der Waals surface area contributed by atoms with Crippen molar-refractivity contribution in [2.24, 2.45) is 5.73 Å². The van der Waals surface area contributed by atoms with Crippen LogP contribution in [0.2, 0.25) is 5.02 Å². The highest BCUT2D eigenvalue weighted by Crippen LogP contribution is 2.22. The van der Waals surface area contributed by atoms with E-state index < -0.39 is 23.7 Å². The molecular weight excluding hydrogens is 301 g/mol. The van der Waals surface area contributed by atoms with Crippen LogP contribution in [0.5, 0.6) is 0 Å². The summed E-state index contributed by atoms with van der Waals surface area (Å²) >= 11 is 5.60. The summed E-state index contributed by atoms with van der Waals surface area (Å²) in [6.07, 6.45) is -4.65. The minimum absolute atomic E-state index is 0.0250. The molecule has 0 bridgehead atoms. The molecule has 1 aromatic carbocycles. The first-order valence-corrected chi connectivity index (χ1v) is 5.37. The Hall–Kier alpha value is -2.22. The van der Waals surface area contributed by atoms with Crippen molar-refractivity contribution in [3.63, 3.8) is 0 Å². The van der Waals surface area contributed by atoms with Gasteiger partial charge < -0.3 is 16.2 Å². The molecule has 0 aliphatic carbocycles. The van der Waals surface area contributed by atoms with E-state index in [2.05, 4.69) is 11.1 Å². The molecule has 0 saturated heterocycles. The molecule has 5 nitrogen and oxygen atoms in total. The summed E-state index contributed by atoms with van der Waals surface area (Å²) in [6, 6.07) is 3.45. The summed E-state index contributed by atoms with van der Waals surface area (Å²) in [5, 5.41) is 10.8. The van der Waals surface area contributed by atoms with Crippen LogP contribution in [0, 0.1) is 0 Å². The molecule has 0 radical (unpaired) electrons. The highest BCUT2D eigenvalue weighted by molar-refractivity contribution is 6.33. The third-order valence-corrected chi connectivity index (χ3v) is 2.41. The van der Waals surface area contributed by atoms with Crippen molar-refractivity contribution < 1.29 is 27.9 Å². The number of allylic oxidation sites excluding steroid dienone is 1. The van der Waals surface area contributed by atoms with E-state index in [1.807, 2.05) is 0 Å². The molecule has 0 atom stereocenters. The molecule has 0 unspecified atom stereocenters. The van der Waals surface area contributed by atoms with E-state index in [1.165, 1.54) is 12.1 Å². The lowest BCUT2D eigenvalue weighted by molar-refractivity contribution is -0.113. The topological polar surface area (TPSA) is 92.4 Å². The number of nitrogens with one attached hydrogen (secondary N) is 1. The van der Waals surface area contributed by atoms with E-state index in [9.17, 15) is 22.8 Å². The SMILES string of the molecule is NC(=CC(=O)Nc1ccc(Cl)c(C(=O)O)c1)C(F)(F)F. The first-order chi connectivity index (χ1) is 9.11. The number of benzene rings is 1. The number of carbonyl (C=O) groups excluding carboxylic acids is 1. The van der Waals surface area contributed by atoms with Gasteiger partial charge in [0.25, 0.3) is 0 Å². The highest BCUT2D eigenvalue weighted by Gasteiger charge is 2.32. The Labute approximate surface area is 115 Å². The Morgan fingerprint density at radius 3 is 2.45 bits per heavy atom. The summed E-state index contributed by atoms with van der Waals surface area (Å²) in [5.41, 5.74) is 2.78. The maximum atomic E-state index is 12.1. The lowest BCUT2D eigenvalue weighted by atomic mass is 10.2. The normalized spacial score (nSPS) is 12.1. The molecule has 0 saturated carbocycles. The van der Waals surface area contributed by atoms with E-state index in [-0.39, 0.29) is 22.3 Å². The van der Waals surface area contributed by atoms with Crippen LogP contribution in [0.4, 0.5) is 18.9 Å². The zero-order chi connectivity index (χ0) is 15.5. The molecule has 108 valence electrons. The molecule has 1 amide bonds. The maximum absolute atomic E-state index is 12.1. The van der Waals surface area contributed by atoms with Crippen LogP contribution in [0.25, 0.3) is 0 Å². The largest absolute Gasteiger partial charge is 0.478 e. The highest BCUT2D eigenvalue weighted by atomic mass is 35.5. The van der Waals surface area contributed by atoms with Crippen LogP contribution in [-0.4, -0.2) is 23.2 Å². The van der Waals surface area contributed by atoms with Crippen molar-refractivity contribution in [1.29, 1.82) is 0 Å². The molecule has 0 heterocycles. The quantitative estimate of drug-likeness (QED) is 0.747. The monoisotopic (exact) mass is 308 g/mol. The smallest absolute Gasteiger partial charge is 0.430 e. The van der Waals surface area contributed by atoms with Gasteiger partial charge in [0.15, 0.2) is 0 Å². The van der Waals surface area contributed by atoms with E-state index in [0.717, 1.165) is 6.07 Å². The second-order valence-electron chi connectivity index (χ2n) is 3.59. The Kier molecular flexibility index (Phi) is 4.61. The fourth-order valence-electron chi connectivity index (χ4n) is 1.17. The van der Waals surface area contributed by atoms with Gasteiger partial charge in [0.2, 0.25) is 5.91 Å². The van der Waals surface area contributed by atoms with Crippen LogP contribution >= 0.6 is 11.6 Å². The summed E-state index contributed by atoms with van der Waals surface area (Å²) in [6.45, 7) is 0. The number of halogens is 4. The first-order valence-electron chi connectivity index (χ1n) is 4.99. The van der Waals surface area contributed by atoms with Gasteiger partial charge in [-0.25, -0.2) is 4.79 Å². The van der Waals surface area contributed by atoms with Crippen LogP contribution in [0.1, 0.15) is 10.4 Å². The Bertz CT molecular complexity index is 585. The molecule has 0 aliphatic heterocycles. The molecule has 4 N–H and O–H groups in total. The molecular formula is C11H8ClF3N2O3. The third-order valence-electron chi connectivity index (χ3n) is 2.08. The van der Waals surface area contributed by atoms with Crippen LogP contribution in [-0.2, 0) is 4.79 Å². The van der Waals surface area contributed by atoms with Gasteiger partial charge in [-0.1, -0.05) is 11.6 Å². The number of carboxylic acid groups (broad SMARTS) is 1. The first kappa shape index (κ1) is 15.8. The zero-order valence-corrected chi connectivity index (χ0v) is 10.4. The zero-order valence-electron chi connectivity index (χ0n) is 9.66. The maximum Gasteiger partial charge on any atom is 0.430 e. The number of aromatic carboxylic acids is 1. The number of anilines is 1. The van der Waals surface area contributed by atoms with Crippen molar-refractivity contribution in [3.8, 4) is 0 Å². The van der Waals surface area contributed by atoms with Crippen molar-refractivity contribution in [2.45, 2.75) is 6.18 Å². The third kappa shape index (κ3) is 4.16. The molecule has 1 rings (SSSR count). The Morgan fingerprint density at radius 2 is 1.95 bits per heavy atom. The van der Waals surface area contributed by atoms with Gasteiger partial charge in [0, 0.05) is 11.8 Å². The Morgan fingerprint density at radius 1 is 1.35 bits per heavy atom. The van der Waals surface area contributed by atoms with Gasteiger partial charge >= 0.3 is 12.1 Å². The minimum atomic E-state index is -4.82. The van der Waals surface area contributed by atoms with Gasteiger partial charge in [0.1, 0.15) is 5.70 Å². The van der Waals surface area contributed by atoms with E-state index >= 15 is 0 Å². The van der Waals surface area contributed by atoms with Crippen molar-refractivity contribution in [3.05, 3.63) is 40.6 Å². The van der Waals surface area contributed by atoms with E-state index in [4.69, 9.17) is 16.7 Å². The number of hydrogen-bond acceptors (Lipinski definition) is 3. The fourth-order valence-corrected chi connectivity index (χ4v) is 1.37.